The topological polar surface area (TPSA) is 58.4 Å². The third kappa shape index (κ3) is 5.49. The molecule has 0 aliphatic carbocycles. The maximum atomic E-state index is 12.0. The molecule has 0 unspecified atom stereocenters. The molecular formula is C19H27N3O2. The largest absolute Gasteiger partial charge is 0.356 e. The molecule has 1 heterocycles. The number of nitrogens with zero attached hydrogens (tertiary/aromatic N) is 2. The Morgan fingerprint density at radius 2 is 1.92 bits per heavy atom. The van der Waals surface area contributed by atoms with E-state index in [0.717, 1.165) is 31.6 Å². The molecule has 1 N–H and O–H groups in total. The first-order valence-corrected chi connectivity index (χ1v) is 8.64. The number of nitrogens with one attached hydrogen (secondary N) is 1. The zero-order valence-electron chi connectivity index (χ0n) is 14.8. The van der Waals surface area contributed by atoms with Gasteiger partial charge < -0.3 is 14.7 Å². The highest BCUT2D eigenvalue weighted by molar-refractivity contribution is 5.78. The normalized spacial score (nSPS) is 11.0. The van der Waals surface area contributed by atoms with Crippen LogP contribution >= 0.6 is 0 Å². The summed E-state index contributed by atoms with van der Waals surface area (Å²) in [5.74, 6) is 0.678. The highest BCUT2D eigenvalue weighted by Crippen LogP contribution is 2.20. The van der Waals surface area contributed by atoms with Crippen LogP contribution in [0, 0.1) is 6.92 Å². The minimum absolute atomic E-state index is 0.0155. The standard InChI is InChI=1S/C19H27N3O2/c1-4-22(5-2)12-6-11-20-19(23)14-17-13-18(24-21-17)16-9-7-15(3)8-10-16/h7-10,13H,4-6,11-12,14H2,1-3H3,(H,20,23). The summed E-state index contributed by atoms with van der Waals surface area (Å²) < 4.78 is 5.34. The number of carbonyl (C=O) groups excluding carboxylic acids is 1. The summed E-state index contributed by atoms with van der Waals surface area (Å²) in [7, 11) is 0. The summed E-state index contributed by atoms with van der Waals surface area (Å²) in [4.78, 5) is 14.3. The van der Waals surface area contributed by atoms with Crippen LogP contribution in [0.15, 0.2) is 34.9 Å². The molecule has 0 radical (unpaired) electrons. The van der Waals surface area contributed by atoms with E-state index in [4.69, 9.17) is 4.52 Å². The Morgan fingerprint density at radius 1 is 1.21 bits per heavy atom. The van der Waals surface area contributed by atoms with Gasteiger partial charge in [-0.1, -0.05) is 48.8 Å². The minimum atomic E-state index is -0.0155. The number of benzene rings is 1. The predicted molar refractivity (Wildman–Crippen MR) is 95.8 cm³/mol. The van der Waals surface area contributed by atoms with Gasteiger partial charge >= 0.3 is 0 Å². The number of aromatic nitrogens is 1. The molecule has 0 aliphatic rings. The van der Waals surface area contributed by atoms with Gasteiger partial charge in [0.05, 0.1) is 12.1 Å². The van der Waals surface area contributed by atoms with E-state index in [-0.39, 0.29) is 12.3 Å². The Balaban J connectivity index is 1.77. The zero-order chi connectivity index (χ0) is 17.4. The summed E-state index contributed by atoms with van der Waals surface area (Å²) in [6, 6.07) is 9.88. The minimum Gasteiger partial charge on any atom is -0.356 e. The van der Waals surface area contributed by atoms with E-state index in [9.17, 15) is 4.79 Å². The van der Waals surface area contributed by atoms with Crippen LogP contribution in [0.5, 0.6) is 0 Å². The van der Waals surface area contributed by atoms with Gasteiger partial charge in [-0.05, 0) is 33.0 Å². The fraction of sp³-hybridized carbons (Fsp3) is 0.474. The van der Waals surface area contributed by atoms with E-state index in [1.165, 1.54) is 5.56 Å². The van der Waals surface area contributed by atoms with Gasteiger partial charge in [0.2, 0.25) is 5.91 Å². The third-order valence-electron chi connectivity index (χ3n) is 4.10. The van der Waals surface area contributed by atoms with Gasteiger partial charge in [-0.15, -0.1) is 0 Å². The number of hydrogen-bond donors (Lipinski definition) is 1. The van der Waals surface area contributed by atoms with Crippen LogP contribution in [0.3, 0.4) is 0 Å². The van der Waals surface area contributed by atoms with Crippen molar-refractivity contribution < 1.29 is 9.32 Å². The lowest BCUT2D eigenvalue weighted by atomic mass is 10.1. The monoisotopic (exact) mass is 329 g/mol. The van der Waals surface area contributed by atoms with Crippen LogP contribution in [-0.2, 0) is 11.2 Å². The van der Waals surface area contributed by atoms with E-state index in [1.54, 1.807) is 0 Å². The zero-order valence-corrected chi connectivity index (χ0v) is 14.8. The second-order valence-electron chi connectivity index (χ2n) is 5.96. The molecule has 2 aromatic rings. The average Bonchev–Trinajstić information content (AvgIpc) is 3.04. The van der Waals surface area contributed by atoms with E-state index >= 15 is 0 Å². The molecule has 0 aliphatic heterocycles. The third-order valence-corrected chi connectivity index (χ3v) is 4.10. The van der Waals surface area contributed by atoms with E-state index in [2.05, 4.69) is 29.2 Å². The van der Waals surface area contributed by atoms with E-state index < -0.39 is 0 Å². The van der Waals surface area contributed by atoms with E-state index in [1.807, 2.05) is 37.3 Å². The molecule has 2 rings (SSSR count). The Morgan fingerprint density at radius 3 is 2.58 bits per heavy atom. The van der Waals surface area contributed by atoms with Crippen LogP contribution in [0.2, 0.25) is 0 Å². The lowest BCUT2D eigenvalue weighted by Crippen LogP contribution is -2.30. The fourth-order valence-corrected chi connectivity index (χ4v) is 2.55. The summed E-state index contributed by atoms with van der Waals surface area (Å²) >= 11 is 0. The number of hydrogen-bond acceptors (Lipinski definition) is 4. The molecule has 0 spiro atoms. The number of carbonyl (C=O) groups is 1. The Bertz CT molecular complexity index is 630. The summed E-state index contributed by atoms with van der Waals surface area (Å²) in [6.45, 7) is 10.1. The van der Waals surface area contributed by atoms with E-state index in [0.29, 0.717) is 18.0 Å². The summed E-state index contributed by atoms with van der Waals surface area (Å²) in [6.07, 6.45) is 1.21. The molecule has 1 aromatic carbocycles. The highest BCUT2D eigenvalue weighted by Gasteiger charge is 2.10. The molecule has 1 aromatic heterocycles. The Labute approximate surface area is 144 Å². The maximum Gasteiger partial charge on any atom is 0.226 e. The predicted octanol–water partition coefficient (Wildman–Crippen LogP) is 3.04. The van der Waals surface area contributed by atoms with Gasteiger partial charge in [0.15, 0.2) is 5.76 Å². The summed E-state index contributed by atoms with van der Waals surface area (Å²) in [5.41, 5.74) is 2.83. The van der Waals surface area contributed by atoms with Gasteiger partial charge in [-0.25, -0.2) is 0 Å². The molecule has 5 heteroatoms. The van der Waals surface area contributed by atoms with Gasteiger partial charge in [0, 0.05) is 18.2 Å². The van der Waals surface area contributed by atoms with Crippen molar-refractivity contribution in [2.24, 2.45) is 0 Å². The molecule has 0 saturated heterocycles. The van der Waals surface area contributed by atoms with Crippen LogP contribution in [0.25, 0.3) is 11.3 Å². The van der Waals surface area contributed by atoms with Gasteiger partial charge in [-0.3, -0.25) is 4.79 Å². The molecule has 1 amide bonds. The van der Waals surface area contributed by atoms with Crippen molar-refractivity contribution in [2.45, 2.75) is 33.6 Å². The molecule has 0 saturated carbocycles. The number of amides is 1. The molecule has 5 nitrogen and oxygen atoms in total. The van der Waals surface area contributed by atoms with Crippen molar-refractivity contribution in [1.29, 1.82) is 0 Å². The highest BCUT2D eigenvalue weighted by atomic mass is 16.5. The average molecular weight is 329 g/mol. The van der Waals surface area contributed by atoms with Crippen LogP contribution < -0.4 is 5.32 Å². The summed E-state index contributed by atoms with van der Waals surface area (Å²) in [5, 5.41) is 6.94. The number of rotatable bonds is 9. The van der Waals surface area contributed by atoms with Crippen LogP contribution in [-0.4, -0.2) is 42.1 Å². The van der Waals surface area contributed by atoms with Crippen molar-refractivity contribution in [2.75, 3.05) is 26.2 Å². The van der Waals surface area contributed by atoms with Gasteiger partial charge in [0.25, 0.3) is 0 Å². The molecule has 0 bridgehead atoms. The second kappa shape index (κ2) is 9.23. The lowest BCUT2D eigenvalue weighted by Gasteiger charge is -2.17. The SMILES string of the molecule is CCN(CC)CCCNC(=O)Cc1cc(-c2ccc(C)cc2)on1. The second-order valence-corrected chi connectivity index (χ2v) is 5.96. The van der Waals surface area contributed by atoms with Crippen molar-refractivity contribution in [3.05, 3.63) is 41.6 Å². The molecule has 0 fully saturated rings. The van der Waals surface area contributed by atoms with Gasteiger partial charge in [0.1, 0.15) is 0 Å². The van der Waals surface area contributed by atoms with Crippen LogP contribution in [0.1, 0.15) is 31.5 Å². The van der Waals surface area contributed by atoms with Gasteiger partial charge in [-0.2, -0.15) is 0 Å². The first-order chi connectivity index (χ1) is 11.6. The Hall–Kier alpha value is -2.14. The Kier molecular flexibility index (Phi) is 7.00. The van der Waals surface area contributed by atoms with Crippen LogP contribution in [0.4, 0.5) is 0 Å². The first kappa shape index (κ1) is 18.2. The molecular weight excluding hydrogens is 302 g/mol. The quantitative estimate of drug-likeness (QED) is 0.718. The molecule has 130 valence electrons. The van der Waals surface area contributed by atoms with Crippen molar-refractivity contribution in [3.63, 3.8) is 0 Å². The maximum absolute atomic E-state index is 12.0. The number of aryl methyl sites for hydroxylation is 1. The molecule has 24 heavy (non-hydrogen) atoms. The fourth-order valence-electron chi connectivity index (χ4n) is 2.55. The first-order valence-electron chi connectivity index (χ1n) is 8.64. The van der Waals surface area contributed by atoms with Crippen molar-refractivity contribution in [3.8, 4) is 11.3 Å². The van der Waals surface area contributed by atoms with Crippen molar-refractivity contribution in [1.82, 2.24) is 15.4 Å². The smallest absolute Gasteiger partial charge is 0.226 e. The van der Waals surface area contributed by atoms with Crippen molar-refractivity contribution >= 4 is 5.91 Å². The lowest BCUT2D eigenvalue weighted by molar-refractivity contribution is -0.120. The molecule has 0 atom stereocenters.